The van der Waals surface area contributed by atoms with Gasteiger partial charge in [-0.25, -0.2) is 0 Å². The quantitative estimate of drug-likeness (QED) is 0.631. The molecule has 2 heteroatoms. The Kier molecular flexibility index (Phi) is 4.09. The second-order valence-corrected chi connectivity index (χ2v) is 7.39. The summed E-state index contributed by atoms with van der Waals surface area (Å²) in [5.74, 6) is 0. The number of thiophene rings is 1. The molecular weight excluding hydrogens is 316 g/mol. The number of rotatable bonds is 4. The zero-order valence-corrected chi connectivity index (χ0v) is 13.7. The van der Waals surface area contributed by atoms with Gasteiger partial charge in [-0.1, -0.05) is 53.5 Å². The van der Waals surface area contributed by atoms with Crippen LogP contribution in [0.15, 0.2) is 30.3 Å². The second-order valence-electron chi connectivity index (χ2n) is 5.30. The molecule has 0 fully saturated rings. The minimum atomic E-state index is 0.360. The Balaban J connectivity index is 1.80. The van der Waals surface area contributed by atoms with E-state index in [4.69, 9.17) is 0 Å². The maximum Gasteiger partial charge on any atom is 0.0738 e. The molecule has 1 aromatic heterocycles. The van der Waals surface area contributed by atoms with Crippen molar-refractivity contribution < 1.29 is 0 Å². The summed E-state index contributed by atoms with van der Waals surface area (Å²) in [5.41, 5.74) is 4.41. The van der Waals surface area contributed by atoms with Crippen molar-refractivity contribution in [3.63, 3.8) is 0 Å². The molecule has 1 atom stereocenters. The molecule has 0 N–H and O–H groups in total. The number of halogens is 1. The maximum absolute atomic E-state index is 3.87. The summed E-state index contributed by atoms with van der Waals surface area (Å²) in [6.45, 7) is 2.23. The van der Waals surface area contributed by atoms with E-state index >= 15 is 0 Å². The van der Waals surface area contributed by atoms with Crippen molar-refractivity contribution in [1.82, 2.24) is 0 Å². The zero-order chi connectivity index (χ0) is 13.2. The van der Waals surface area contributed by atoms with Gasteiger partial charge in [0.25, 0.3) is 0 Å². The summed E-state index contributed by atoms with van der Waals surface area (Å²) >= 11 is 5.86. The molecule has 1 unspecified atom stereocenters. The van der Waals surface area contributed by atoms with Gasteiger partial charge < -0.3 is 0 Å². The average molecular weight is 335 g/mol. The van der Waals surface area contributed by atoms with E-state index < -0.39 is 0 Å². The molecule has 0 spiro atoms. The van der Waals surface area contributed by atoms with Gasteiger partial charge in [-0.3, -0.25) is 0 Å². The Labute approximate surface area is 128 Å². The van der Waals surface area contributed by atoms with E-state index in [0.29, 0.717) is 4.83 Å². The highest BCUT2D eigenvalue weighted by atomic mass is 79.9. The van der Waals surface area contributed by atoms with Crippen LogP contribution in [0.4, 0.5) is 0 Å². The molecule has 0 amide bonds. The molecule has 3 rings (SSSR count). The van der Waals surface area contributed by atoms with Gasteiger partial charge in [0.05, 0.1) is 4.83 Å². The van der Waals surface area contributed by atoms with Crippen LogP contribution in [0.1, 0.15) is 51.0 Å². The molecule has 2 aromatic rings. The lowest BCUT2D eigenvalue weighted by Gasteiger charge is -2.09. The smallest absolute Gasteiger partial charge is 0.0738 e. The van der Waals surface area contributed by atoms with Crippen LogP contribution in [0, 0.1) is 0 Å². The summed E-state index contributed by atoms with van der Waals surface area (Å²) in [6.07, 6.45) is 6.31. The monoisotopic (exact) mass is 334 g/mol. The summed E-state index contributed by atoms with van der Waals surface area (Å²) in [6, 6.07) is 11.5. The van der Waals surface area contributed by atoms with Crippen molar-refractivity contribution in [3.05, 3.63) is 56.8 Å². The first kappa shape index (κ1) is 13.4. The van der Waals surface area contributed by atoms with E-state index in [9.17, 15) is 0 Å². The molecule has 1 aromatic carbocycles. The van der Waals surface area contributed by atoms with Gasteiger partial charge in [-0.15, -0.1) is 11.3 Å². The van der Waals surface area contributed by atoms with Crippen LogP contribution < -0.4 is 0 Å². The fraction of sp³-hybridized carbons (Fsp3) is 0.412. The van der Waals surface area contributed by atoms with E-state index in [0.717, 1.165) is 0 Å². The largest absolute Gasteiger partial charge is 0.144 e. The van der Waals surface area contributed by atoms with Crippen molar-refractivity contribution in [2.45, 2.75) is 43.9 Å². The van der Waals surface area contributed by atoms with Crippen LogP contribution in [-0.2, 0) is 19.3 Å². The Morgan fingerprint density at radius 2 is 2.00 bits per heavy atom. The Hall–Kier alpha value is -0.600. The molecule has 1 aliphatic rings. The van der Waals surface area contributed by atoms with Crippen molar-refractivity contribution in [2.24, 2.45) is 0 Å². The minimum absolute atomic E-state index is 0.360. The molecular formula is C17H19BrS. The predicted molar refractivity (Wildman–Crippen MR) is 87.6 cm³/mol. The first-order valence-corrected chi connectivity index (χ1v) is 8.85. The van der Waals surface area contributed by atoms with E-state index in [2.05, 4.69) is 53.2 Å². The Morgan fingerprint density at radius 3 is 2.68 bits per heavy atom. The summed E-state index contributed by atoms with van der Waals surface area (Å²) in [7, 11) is 0. The molecule has 0 bridgehead atoms. The number of hydrogen-bond acceptors (Lipinski definition) is 1. The normalized spacial score (nSPS) is 15.5. The maximum atomic E-state index is 3.87. The molecule has 100 valence electrons. The van der Waals surface area contributed by atoms with Crippen molar-refractivity contribution in [2.75, 3.05) is 0 Å². The zero-order valence-electron chi connectivity index (χ0n) is 11.3. The highest BCUT2D eigenvalue weighted by Crippen LogP contribution is 2.40. The highest BCUT2D eigenvalue weighted by molar-refractivity contribution is 9.09. The Morgan fingerprint density at radius 1 is 1.21 bits per heavy atom. The SMILES string of the molecule is CCCc1ccc(C(Br)c2cc3c(s2)CCC3)cc1. The number of alkyl halides is 1. The number of hydrogen-bond donors (Lipinski definition) is 0. The topological polar surface area (TPSA) is 0 Å². The molecule has 19 heavy (non-hydrogen) atoms. The molecule has 1 heterocycles. The number of fused-ring (bicyclic) bond motifs is 1. The van der Waals surface area contributed by atoms with Crippen molar-refractivity contribution in [1.29, 1.82) is 0 Å². The minimum Gasteiger partial charge on any atom is -0.144 e. The predicted octanol–water partition coefficient (Wildman–Crippen LogP) is 5.67. The van der Waals surface area contributed by atoms with E-state index in [1.165, 1.54) is 48.1 Å². The molecule has 1 aliphatic carbocycles. The lowest BCUT2D eigenvalue weighted by molar-refractivity contribution is 0.913. The number of aryl methyl sites for hydroxylation is 3. The standard InChI is InChI=1S/C17H19BrS/c1-2-4-12-7-9-13(10-8-12)17(18)16-11-14-5-3-6-15(14)19-16/h7-11,17H,2-6H2,1H3. The van der Waals surface area contributed by atoms with Crippen LogP contribution >= 0.6 is 27.3 Å². The van der Waals surface area contributed by atoms with Gasteiger partial charge in [0.15, 0.2) is 0 Å². The van der Waals surface area contributed by atoms with Gasteiger partial charge in [0.1, 0.15) is 0 Å². The Bertz CT molecular complexity index is 532. The lowest BCUT2D eigenvalue weighted by Crippen LogP contribution is -1.91. The van der Waals surface area contributed by atoms with Gasteiger partial charge >= 0.3 is 0 Å². The molecule has 0 radical (unpaired) electrons. The van der Waals surface area contributed by atoms with E-state index in [-0.39, 0.29) is 0 Å². The van der Waals surface area contributed by atoms with Crippen LogP contribution in [0.2, 0.25) is 0 Å². The highest BCUT2D eigenvalue weighted by Gasteiger charge is 2.19. The third-order valence-electron chi connectivity index (χ3n) is 3.83. The van der Waals surface area contributed by atoms with E-state index in [1.807, 2.05) is 11.3 Å². The molecule has 0 saturated carbocycles. The van der Waals surface area contributed by atoms with Gasteiger partial charge in [-0.2, -0.15) is 0 Å². The van der Waals surface area contributed by atoms with Crippen LogP contribution in [0.3, 0.4) is 0 Å². The third kappa shape index (κ3) is 2.80. The average Bonchev–Trinajstić information content (AvgIpc) is 3.00. The molecule has 0 aliphatic heterocycles. The second kappa shape index (κ2) is 5.80. The lowest BCUT2D eigenvalue weighted by atomic mass is 10.1. The summed E-state index contributed by atoms with van der Waals surface area (Å²) in [4.78, 5) is 3.44. The van der Waals surface area contributed by atoms with E-state index in [1.54, 1.807) is 10.4 Å². The van der Waals surface area contributed by atoms with Crippen LogP contribution in [0.25, 0.3) is 0 Å². The number of benzene rings is 1. The van der Waals surface area contributed by atoms with Crippen molar-refractivity contribution >= 4 is 27.3 Å². The van der Waals surface area contributed by atoms with Gasteiger partial charge in [0.2, 0.25) is 0 Å². The van der Waals surface area contributed by atoms with Crippen molar-refractivity contribution in [3.8, 4) is 0 Å². The first-order valence-electron chi connectivity index (χ1n) is 7.12. The molecule has 0 nitrogen and oxygen atoms in total. The third-order valence-corrected chi connectivity index (χ3v) is 6.45. The van der Waals surface area contributed by atoms with Crippen LogP contribution in [-0.4, -0.2) is 0 Å². The fourth-order valence-electron chi connectivity index (χ4n) is 2.78. The van der Waals surface area contributed by atoms with Gasteiger partial charge in [0, 0.05) is 9.75 Å². The van der Waals surface area contributed by atoms with Crippen LogP contribution in [0.5, 0.6) is 0 Å². The summed E-state index contributed by atoms with van der Waals surface area (Å²) in [5, 5.41) is 0. The van der Waals surface area contributed by atoms with Gasteiger partial charge in [-0.05, 0) is 48.4 Å². The summed E-state index contributed by atoms with van der Waals surface area (Å²) < 4.78 is 0. The molecule has 0 saturated heterocycles. The first-order chi connectivity index (χ1) is 9.28. The fourth-order valence-corrected chi connectivity index (χ4v) is 4.76.